The first-order chi connectivity index (χ1) is 13.1. The maximum absolute atomic E-state index is 12.6. The molecule has 1 aliphatic carbocycles. The van der Waals surface area contributed by atoms with E-state index in [2.05, 4.69) is 14.7 Å². The molecule has 0 radical (unpaired) electrons. The molecule has 0 saturated heterocycles. The Hall–Kier alpha value is -2.09. The number of aryl methyl sites for hydroxylation is 2. The summed E-state index contributed by atoms with van der Waals surface area (Å²) in [5, 5.41) is 2.85. The first-order valence-corrected chi connectivity index (χ1v) is 11.5. The lowest BCUT2D eigenvalue weighted by Crippen LogP contribution is -2.26. The van der Waals surface area contributed by atoms with E-state index in [0.717, 1.165) is 35.7 Å². The molecule has 27 heavy (non-hydrogen) atoms. The highest BCUT2D eigenvalue weighted by atomic mass is 32.2. The van der Waals surface area contributed by atoms with Crippen molar-refractivity contribution in [1.82, 2.24) is 14.7 Å². The van der Waals surface area contributed by atoms with Crippen LogP contribution in [0, 0.1) is 0 Å². The van der Waals surface area contributed by atoms with Crippen molar-refractivity contribution >= 4 is 21.4 Å². The van der Waals surface area contributed by atoms with Crippen molar-refractivity contribution in [2.75, 3.05) is 6.54 Å². The average Bonchev–Trinajstić information content (AvgIpc) is 3.17. The number of aromatic nitrogens is 2. The average molecular weight is 400 g/mol. The molecule has 3 aromatic rings. The lowest BCUT2D eigenvalue weighted by Gasteiger charge is -2.16. The summed E-state index contributed by atoms with van der Waals surface area (Å²) in [5.74, 6) is 0. The Balaban J connectivity index is 1.39. The van der Waals surface area contributed by atoms with Crippen molar-refractivity contribution < 1.29 is 8.42 Å². The van der Waals surface area contributed by atoms with E-state index < -0.39 is 10.0 Å². The Morgan fingerprint density at radius 2 is 1.89 bits per heavy atom. The zero-order chi connectivity index (χ0) is 18.7. The molecule has 7 heteroatoms. The van der Waals surface area contributed by atoms with Gasteiger partial charge in [-0.2, -0.15) is 0 Å². The number of benzene rings is 1. The second kappa shape index (κ2) is 7.88. The molecule has 0 fully saturated rings. The lowest BCUT2D eigenvalue weighted by atomic mass is 9.92. The summed E-state index contributed by atoms with van der Waals surface area (Å²) >= 11 is 1.52. The van der Waals surface area contributed by atoms with Gasteiger partial charge in [0.1, 0.15) is 0 Å². The third-order valence-electron chi connectivity index (χ3n) is 4.74. The fourth-order valence-electron chi connectivity index (χ4n) is 3.31. The van der Waals surface area contributed by atoms with Crippen LogP contribution in [-0.4, -0.2) is 24.9 Å². The standard InChI is InChI=1S/C20H21N3O2S2/c24-27(25,17-9-8-15-5-1-2-6-16(15)13-17)22-12-10-20-23-19(14-26-20)18-7-3-4-11-21-18/h3-4,7-9,11,13-14,22H,1-2,5-6,10,12H2. The lowest BCUT2D eigenvalue weighted by molar-refractivity contribution is 0.581. The number of pyridine rings is 1. The molecule has 1 aromatic carbocycles. The van der Waals surface area contributed by atoms with Crippen LogP contribution < -0.4 is 4.72 Å². The summed E-state index contributed by atoms with van der Waals surface area (Å²) in [7, 11) is -3.49. The number of hydrogen-bond acceptors (Lipinski definition) is 5. The molecule has 2 aromatic heterocycles. The van der Waals surface area contributed by atoms with Crippen molar-refractivity contribution in [3.05, 3.63) is 64.1 Å². The van der Waals surface area contributed by atoms with E-state index in [1.54, 1.807) is 12.3 Å². The molecule has 140 valence electrons. The molecule has 0 amide bonds. The minimum Gasteiger partial charge on any atom is -0.255 e. The van der Waals surface area contributed by atoms with Crippen molar-refractivity contribution in [3.63, 3.8) is 0 Å². The Bertz CT molecular complexity index is 1030. The SMILES string of the molecule is O=S(=O)(NCCc1nc(-c2ccccn2)cs1)c1ccc2c(c1)CCCC2. The number of nitrogens with one attached hydrogen (secondary N) is 1. The number of nitrogens with zero attached hydrogens (tertiary/aromatic N) is 2. The molecule has 0 unspecified atom stereocenters. The molecule has 1 N–H and O–H groups in total. The second-order valence-corrected chi connectivity index (χ2v) is 9.34. The fraction of sp³-hybridized carbons (Fsp3) is 0.300. The van der Waals surface area contributed by atoms with Crippen LogP contribution in [0.5, 0.6) is 0 Å². The summed E-state index contributed by atoms with van der Waals surface area (Å²) in [5.41, 5.74) is 4.11. The Morgan fingerprint density at radius 3 is 2.70 bits per heavy atom. The quantitative estimate of drug-likeness (QED) is 0.687. The normalized spacial score (nSPS) is 14.1. The zero-order valence-electron chi connectivity index (χ0n) is 14.9. The third kappa shape index (κ3) is 4.26. The molecule has 4 rings (SSSR count). The minimum atomic E-state index is -3.49. The maximum atomic E-state index is 12.6. The van der Waals surface area contributed by atoms with Crippen LogP contribution in [0.2, 0.25) is 0 Å². The van der Waals surface area contributed by atoms with Crippen LogP contribution in [-0.2, 0) is 29.3 Å². The highest BCUT2D eigenvalue weighted by molar-refractivity contribution is 7.89. The van der Waals surface area contributed by atoms with Crippen LogP contribution in [0.3, 0.4) is 0 Å². The molecule has 0 atom stereocenters. The van der Waals surface area contributed by atoms with Crippen LogP contribution in [0.4, 0.5) is 0 Å². The van der Waals surface area contributed by atoms with Crippen molar-refractivity contribution in [2.45, 2.75) is 37.0 Å². The highest BCUT2D eigenvalue weighted by Gasteiger charge is 2.17. The number of hydrogen-bond donors (Lipinski definition) is 1. The van der Waals surface area contributed by atoms with E-state index in [1.165, 1.54) is 28.9 Å². The van der Waals surface area contributed by atoms with E-state index in [0.29, 0.717) is 17.9 Å². The van der Waals surface area contributed by atoms with Gasteiger partial charge in [-0.15, -0.1) is 11.3 Å². The summed E-state index contributed by atoms with van der Waals surface area (Å²) < 4.78 is 27.9. The van der Waals surface area contributed by atoms with Crippen LogP contribution in [0.1, 0.15) is 29.0 Å². The van der Waals surface area contributed by atoms with Gasteiger partial charge in [-0.3, -0.25) is 4.98 Å². The topological polar surface area (TPSA) is 72.0 Å². The molecule has 0 bridgehead atoms. The highest BCUT2D eigenvalue weighted by Crippen LogP contribution is 2.24. The number of thiazole rings is 1. The summed E-state index contributed by atoms with van der Waals surface area (Å²) in [4.78, 5) is 9.20. The summed E-state index contributed by atoms with van der Waals surface area (Å²) in [6.45, 7) is 0.328. The van der Waals surface area contributed by atoms with E-state index >= 15 is 0 Å². The molecule has 5 nitrogen and oxygen atoms in total. The molecule has 2 heterocycles. The third-order valence-corrected chi connectivity index (χ3v) is 7.11. The second-order valence-electron chi connectivity index (χ2n) is 6.63. The van der Waals surface area contributed by atoms with E-state index in [9.17, 15) is 8.42 Å². The van der Waals surface area contributed by atoms with Gasteiger partial charge in [-0.1, -0.05) is 12.1 Å². The van der Waals surface area contributed by atoms with Gasteiger partial charge < -0.3 is 0 Å². The Kier molecular flexibility index (Phi) is 5.33. The van der Waals surface area contributed by atoms with Gasteiger partial charge in [0.25, 0.3) is 0 Å². The summed E-state index contributed by atoms with van der Waals surface area (Å²) in [6, 6.07) is 11.2. The van der Waals surface area contributed by atoms with Gasteiger partial charge in [0, 0.05) is 24.5 Å². The van der Waals surface area contributed by atoms with Crippen LogP contribution >= 0.6 is 11.3 Å². The van der Waals surface area contributed by atoms with Gasteiger partial charge in [0.2, 0.25) is 10.0 Å². The van der Waals surface area contributed by atoms with Crippen molar-refractivity contribution in [1.29, 1.82) is 0 Å². The van der Waals surface area contributed by atoms with Gasteiger partial charge in [-0.05, 0) is 61.1 Å². The molecule has 0 saturated carbocycles. The monoisotopic (exact) mass is 399 g/mol. The summed E-state index contributed by atoms with van der Waals surface area (Å²) in [6.07, 6.45) is 6.63. The molecular formula is C20H21N3O2S2. The van der Waals surface area contributed by atoms with Crippen molar-refractivity contribution in [3.8, 4) is 11.4 Å². The molecule has 1 aliphatic rings. The van der Waals surface area contributed by atoms with Crippen molar-refractivity contribution in [2.24, 2.45) is 0 Å². The Labute approximate surface area is 163 Å². The first kappa shape index (κ1) is 18.3. The van der Waals surface area contributed by atoms with E-state index in [1.807, 2.05) is 35.7 Å². The minimum absolute atomic E-state index is 0.328. The van der Waals surface area contributed by atoms with Crippen LogP contribution in [0.15, 0.2) is 52.9 Å². The van der Waals surface area contributed by atoms with Crippen LogP contribution in [0.25, 0.3) is 11.4 Å². The van der Waals surface area contributed by atoms with E-state index in [-0.39, 0.29) is 0 Å². The van der Waals surface area contributed by atoms with Gasteiger partial charge in [0.05, 0.1) is 21.3 Å². The zero-order valence-corrected chi connectivity index (χ0v) is 16.5. The van der Waals surface area contributed by atoms with Gasteiger partial charge in [-0.25, -0.2) is 18.1 Å². The maximum Gasteiger partial charge on any atom is 0.240 e. The Morgan fingerprint density at radius 1 is 1.04 bits per heavy atom. The predicted octanol–water partition coefficient (Wildman–Crippen LogP) is 3.60. The molecular weight excluding hydrogens is 378 g/mol. The molecule has 0 aliphatic heterocycles. The predicted molar refractivity (Wildman–Crippen MR) is 107 cm³/mol. The smallest absolute Gasteiger partial charge is 0.240 e. The van der Waals surface area contributed by atoms with Gasteiger partial charge in [0.15, 0.2) is 0 Å². The number of fused-ring (bicyclic) bond motifs is 1. The van der Waals surface area contributed by atoms with E-state index in [4.69, 9.17) is 0 Å². The number of rotatable bonds is 6. The van der Waals surface area contributed by atoms with Gasteiger partial charge >= 0.3 is 0 Å². The largest absolute Gasteiger partial charge is 0.255 e. The number of sulfonamides is 1. The molecule has 0 spiro atoms. The first-order valence-electron chi connectivity index (χ1n) is 9.09. The fourth-order valence-corrected chi connectivity index (χ4v) is 5.18.